The van der Waals surface area contributed by atoms with Gasteiger partial charge in [0.25, 0.3) is 11.8 Å². The second-order valence-corrected chi connectivity index (χ2v) is 9.01. The van der Waals surface area contributed by atoms with Crippen molar-refractivity contribution in [3.8, 4) is 5.75 Å². The number of carbonyl (C=O) groups excluding carboxylic acids is 3. The van der Waals surface area contributed by atoms with Crippen LogP contribution >= 0.6 is 0 Å². The quantitative estimate of drug-likeness (QED) is 0.499. The highest BCUT2D eigenvalue weighted by Crippen LogP contribution is 2.22. The maximum Gasteiger partial charge on any atom is 0.261 e. The standard InChI is InChI=1S/C27H33N3O5/c1-29(21-11-15-34-16-12-21)14-17-35-22-7-4-6-20(18-22)19-28-25(31)10-5-13-30-26(32)23-8-2-3-9-24(23)27(30)33/h2-4,6-9,18,21H,5,10-17,19H2,1H3,(H,28,31). The Kier molecular flexibility index (Phi) is 8.50. The van der Waals surface area contributed by atoms with Crippen LogP contribution in [-0.4, -0.2) is 73.5 Å². The first-order valence-corrected chi connectivity index (χ1v) is 12.2. The summed E-state index contributed by atoms with van der Waals surface area (Å²) in [6, 6.07) is 15.1. The molecule has 0 spiro atoms. The van der Waals surface area contributed by atoms with Crippen LogP contribution in [-0.2, 0) is 16.1 Å². The first kappa shape index (κ1) is 24.9. The summed E-state index contributed by atoms with van der Waals surface area (Å²) in [6.45, 7) is 3.72. The van der Waals surface area contributed by atoms with E-state index < -0.39 is 0 Å². The molecule has 2 aliphatic heterocycles. The second kappa shape index (κ2) is 12.0. The smallest absolute Gasteiger partial charge is 0.261 e. The summed E-state index contributed by atoms with van der Waals surface area (Å²) in [5.74, 6) is 0.0808. The van der Waals surface area contributed by atoms with Gasteiger partial charge in [0.1, 0.15) is 12.4 Å². The largest absolute Gasteiger partial charge is 0.492 e. The number of nitrogens with one attached hydrogen (secondary N) is 1. The van der Waals surface area contributed by atoms with Crippen LogP contribution in [0.25, 0.3) is 0 Å². The molecule has 1 fully saturated rings. The van der Waals surface area contributed by atoms with Gasteiger partial charge in [-0.15, -0.1) is 0 Å². The third kappa shape index (κ3) is 6.46. The Morgan fingerprint density at radius 3 is 2.51 bits per heavy atom. The summed E-state index contributed by atoms with van der Waals surface area (Å²) >= 11 is 0. The molecule has 0 atom stereocenters. The summed E-state index contributed by atoms with van der Waals surface area (Å²) in [4.78, 5) is 40.7. The monoisotopic (exact) mass is 479 g/mol. The Balaban J connectivity index is 1.15. The predicted molar refractivity (Wildman–Crippen MR) is 131 cm³/mol. The molecule has 0 radical (unpaired) electrons. The lowest BCUT2D eigenvalue weighted by Crippen LogP contribution is -2.38. The lowest BCUT2D eigenvalue weighted by atomic mass is 10.1. The highest BCUT2D eigenvalue weighted by Gasteiger charge is 2.34. The zero-order valence-electron chi connectivity index (χ0n) is 20.2. The fourth-order valence-corrected chi connectivity index (χ4v) is 4.49. The minimum absolute atomic E-state index is 0.119. The molecule has 2 aromatic rings. The molecule has 1 N–H and O–H groups in total. The van der Waals surface area contributed by atoms with Crippen LogP contribution < -0.4 is 10.1 Å². The van der Waals surface area contributed by atoms with E-state index in [1.165, 1.54) is 4.90 Å². The van der Waals surface area contributed by atoms with Gasteiger partial charge >= 0.3 is 0 Å². The number of amides is 3. The van der Waals surface area contributed by atoms with E-state index >= 15 is 0 Å². The number of imide groups is 1. The number of likely N-dealkylation sites (N-methyl/N-ethyl adjacent to an activating group) is 1. The lowest BCUT2D eigenvalue weighted by molar-refractivity contribution is -0.121. The van der Waals surface area contributed by atoms with Crippen molar-refractivity contribution < 1.29 is 23.9 Å². The topological polar surface area (TPSA) is 88.2 Å². The number of nitrogens with zero attached hydrogens (tertiary/aromatic N) is 2. The Labute approximate surface area is 206 Å². The molecule has 0 aromatic heterocycles. The van der Waals surface area contributed by atoms with Crippen molar-refractivity contribution in [3.63, 3.8) is 0 Å². The fraction of sp³-hybridized carbons (Fsp3) is 0.444. The first-order chi connectivity index (χ1) is 17.0. The van der Waals surface area contributed by atoms with Gasteiger partial charge in [0.2, 0.25) is 5.91 Å². The number of rotatable bonds is 11. The minimum atomic E-state index is -0.290. The number of ether oxygens (including phenoxy) is 2. The van der Waals surface area contributed by atoms with Crippen molar-refractivity contribution in [1.29, 1.82) is 0 Å². The molecule has 0 unspecified atom stereocenters. The highest BCUT2D eigenvalue weighted by molar-refractivity contribution is 6.21. The van der Waals surface area contributed by atoms with E-state index in [0.29, 0.717) is 36.7 Å². The molecule has 186 valence electrons. The molecule has 8 nitrogen and oxygen atoms in total. The molecular weight excluding hydrogens is 446 g/mol. The van der Waals surface area contributed by atoms with Gasteiger partial charge in [-0.2, -0.15) is 0 Å². The third-order valence-corrected chi connectivity index (χ3v) is 6.58. The third-order valence-electron chi connectivity index (χ3n) is 6.58. The molecule has 2 aliphatic rings. The summed E-state index contributed by atoms with van der Waals surface area (Å²) in [7, 11) is 2.12. The van der Waals surface area contributed by atoms with Crippen LogP contribution in [0.4, 0.5) is 0 Å². The van der Waals surface area contributed by atoms with Gasteiger partial charge in [-0.1, -0.05) is 24.3 Å². The number of carbonyl (C=O) groups is 3. The van der Waals surface area contributed by atoms with Crippen molar-refractivity contribution in [2.75, 3.05) is 40.0 Å². The minimum Gasteiger partial charge on any atom is -0.492 e. The summed E-state index contributed by atoms with van der Waals surface area (Å²) in [5.41, 5.74) is 1.81. The van der Waals surface area contributed by atoms with Gasteiger partial charge in [0.15, 0.2) is 0 Å². The molecule has 2 heterocycles. The maximum absolute atomic E-state index is 12.4. The van der Waals surface area contributed by atoms with Gasteiger partial charge in [0, 0.05) is 45.3 Å². The van der Waals surface area contributed by atoms with Gasteiger partial charge in [-0.25, -0.2) is 0 Å². The predicted octanol–water partition coefficient (Wildman–Crippen LogP) is 2.87. The van der Waals surface area contributed by atoms with Crippen molar-refractivity contribution in [3.05, 3.63) is 65.2 Å². The Morgan fingerprint density at radius 2 is 1.80 bits per heavy atom. The Bertz CT molecular complexity index is 1020. The average molecular weight is 480 g/mol. The summed E-state index contributed by atoms with van der Waals surface area (Å²) < 4.78 is 11.4. The van der Waals surface area contributed by atoms with Crippen molar-refractivity contribution in [2.45, 2.75) is 38.3 Å². The zero-order chi connectivity index (χ0) is 24.6. The van der Waals surface area contributed by atoms with Crippen LogP contribution in [0.3, 0.4) is 0 Å². The molecule has 0 saturated carbocycles. The average Bonchev–Trinajstić information content (AvgIpc) is 3.13. The van der Waals surface area contributed by atoms with Crippen LogP contribution in [0.15, 0.2) is 48.5 Å². The molecule has 35 heavy (non-hydrogen) atoms. The number of hydrogen-bond donors (Lipinski definition) is 1. The fourth-order valence-electron chi connectivity index (χ4n) is 4.49. The number of hydrogen-bond acceptors (Lipinski definition) is 6. The lowest BCUT2D eigenvalue weighted by Gasteiger charge is -2.31. The van der Waals surface area contributed by atoms with Gasteiger partial charge in [-0.05, 0) is 56.1 Å². The zero-order valence-corrected chi connectivity index (χ0v) is 20.2. The van der Waals surface area contributed by atoms with Crippen LogP contribution in [0, 0.1) is 0 Å². The van der Waals surface area contributed by atoms with Gasteiger partial charge in [0.05, 0.1) is 11.1 Å². The second-order valence-electron chi connectivity index (χ2n) is 9.01. The van der Waals surface area contributed by atoms with Crippen LogP contribution in [0.5, 0.6) is 5.75 Å². The van der Waals surface area contributed by atoms with Crippen molar-refractivity contribution >= 4 is 17.7 Å². The highest BCUT2D eigenvalue weighted by atomic mass is 16.5. The van der Waals surface area contributed by atoms with Crippen molar-refractivity contribution in [2.24, 2.45) is 0 Å². The Hall–Kier alpha value is -3.23. The van der Waals surface area contributed by atoms with E-state index in [-0.39, 0.29) is 30.7 Å². The van der Waals surface area contributed by atoms with E-state index in [1.807, 2.05) is 24.3 Å². The normalized spacial score (nSPS) is 16.0. The molecule has 3 amide bonds. The van der Waals surface area contributed by atoms with Gasteiger partial charge in [-0.3, -0.25) is 24.2 Å². The summed E-state index contributed by atoms with van der Waals surface area (Å²) in [5, 5.41) is 2.91. The van der Waals surface area contributed by atoms with E-state index in [2.05, 4.69) is 17.3 Å². The molecule has 4 rings (SSSR count). The van der Waals surface area contributed by atoms with Gasteiger partial charge < -0.3 is 14.8 Å². The first-order valence-electron chi connectivity index (χ1n) is 12.2. The summed E-state index contributed by atoms with van der Waals surface area (Å²) in [6.07, 6.45) is 2.77. The van der Waals surface area contributed by atoms with E-state index in [0.717, 1.165) is 43.9 Å². The van der Waals surface area contributed by atoms with Crippen LogP contribution in [0.2, 0.25) is 0 Å². The van der Waals surface area contributed by atoms with Crippen LogP contribution in [0.1, 0.15) is 52.0 Å². The molecule has 1 saturated heterocycles. The van der Waals surface area contributed by atoms with E-state index in [1.54, 1.807) is 24.3 Å². The molecular formula is C27H33N3O5. The van der Waals surface area contributed by atoms with E-state index in [4.69, 9.17) is 9.47 Å². The molecule has 0 bridgehead atoms. The SMILES string of the molecule is CN(CCOc1cccc(CNC(=O)CCCN2C(=O)c3ccccc3C2=O)c1)C1CCOCC1. The molecule has 8 heteroatoms. The number of benzene rings is 2. The van der Waals surface area contributed by atoms with Crippen molar-refractivity contribution in [1.82, 2.24) is 15.1 Å². The molecule has 0 aliphatic carbocycles. The maximum atomic E-state index is 12.4. The molecule has 2 aromatic carbocycles. The Morgan fingerprint density at radius 1 is 1.09 bits per heavy atom. The van der Waals surface area contributed by atoms with E-state index in [9.17, 15) is 14.4 Å². The number of fused-ring (bicyclic) bond motifs is 1.